The number of nitrogens with two attached hydrogens (primary N) is 1. The average molecular weight is 315 g/mol. The third kappa shape index (κ3) is 4.54. The second-order valence-corrected chi connectivity index (χ2v) is 5.76. The first-order chi connectivity index (χ1) is 11.1. The highest BCUT2D eigenvalue weighted by atomic mass is 16.5. The molecule has 2 amide bonds. The van der Waals surface area contributed by atoms with Gasteiger partial charge in [0, 0.05) is 32.5 Å². The van der Waals surface area contributed by atoms with Crippen LogP contribution in [0.25, 0.3) is 0 Å². The molecule has 0 radical (unpaired) electrons. The fourth-order valence-electron chi connectivity index (χ4n) is 2.75. The van der Waals surface area contributed by atoms with Crippen LogP contribution in [-0.4, -0.2) is 30.6 Å². The monoisotopic (exact) mass is 315 g/mol. The smallest absolute Gasteiger partial charge is 0.224 e. The minimum Gasteiger partial charge on any atom is -0.381 e. The summed E-state index contributed by atoms with van der Waals surface area (Å²) in [6.45, 7) is 0.920. The van der Waals surface area contributed by atoms with Gasteiger partial charge in [-0.2, -0.15) is 5.26 Å². The van der Waals surface area contributed by atoms with Gasteiger partial charge in [-0.3, -0.25) is 9.59 Å². The lowest BCUT2D eigenvalue weighted by molar-refractivity contribution is -0.124. The molecule has 1 atom stereocenters. The van der Waals surface area contributed by atoms with Crippen molar-refractivity contribution >= 4 is 11.8 Å². The van der Waals surface area contributed by atoms with Gasteiger partial charge in [-0.15, -0.1) is 0 Å². The van der Waals surface area contributed by atoms with Crippen LogP contribution in [0.15, 0.2) is 30.3 Å². The largest absolute Gasteiger partial charge is 0.381 e. The number of nitriles is 1. The van der Waals surface area contributed by atoms with Crippen LogP contribution in [0.3, 0.4) is 0 Å². The maximum atomic E-state index is 12.2. The highest BCUT2D eigenvalue weighted by molar-refractivity contribution is 5.83. The number of hydrogen-bond donors (Lipinski definition) is 2. The van der Waals surface area contributed by atoms with Gasteiger partial charge in [0.2, 0.25) is 11.8 Å². The molecular weight excluding hydrogens is 294 g/mol. The van der Waals surface area contributed by atoms with Gasteiger partial charge in [0.05, 0.1) is 12.0 Å². The molecule has 0 aliphatic carbocycles. The number of amides is 2. The molecule has 1 fully saturated rings. The number of carbonyl (C=O) groups excluding carboxylic acids is 2. The first-order valence-electron chi connectivity index (χ1n) is 7.70. The van der Waals surface area contributed by atoms with Gasteiger partial charge in [-0.05, 0) is 12.0 Å². The second-order valence-electron chi connectivity index (χ2n) is 5.76. The van der Waals surface area contributed by atoms with E-state index in [4.69, 9.17) is 10.5 Å². The summed E-state index contributed by atoms with van der Waals surface area (Å²) in [4.78, 5) is 23.8. The first kappa shape index (κ1) is 17.0. The summed E-state index contributed by atoms with van der Waals surface area (Å²) in [5.41, 5.74) is 5.39. The zero-order valence-corrected chi connectivity index (χ0v) is 13.0. The summed E-state index contributed by atoms with van der Waals surface area (Å²) in [6, 6.07) is 11.4. The van der Waals surface area contributed by atoms with E-state index in [1.165, 1.54) is 0 Å². The Morgan fingerprint density at radius 2 is 1.96 bits per heavy atom. The third-order valence-corrected chi connectivity index (χ3v) is 4.14. The van der Waals surface area contributed by atoms with Gasteiger partial charge in [-0.25, -0.2) is 0 Å². The number of nitrogens with one attached hydrogen (secondary N) is 1. The number of hydrogen-bond acceptors (Lipinski definition) is 4. The zero-order valence-electron chi connectivity index (χ0n) is 13.0. The molecule has 1 aliphatic heterocycles. The Balaban J connectivity index is 1.94. The van der Waals surface area contributed by atoms with Crippen LogP contribution < -0.4 is 11.1 Å². The predicted molar refractivity (Wildman–Crippen MR) is 84.2 cm³/mol. The molecule has 0 unspecified atom stereocenters. The third-order valence-electron chi connectivity index (χ3n) is 4.14. The summed E-state index contributed by atoms with van der Waals surface area (Å²) in [6.07, 6.45) is 1.43. The molecular formula is C17H21N3O3. The van der Waals surface area contributed by atoms with E-state index in [9.17, 15) is 14.9 Å². The van der Waals surface area contributed by atoms with Crippen molar-refractivity contribution < 1.29 is 14.3 Å². The highest BCUT2D eigenvalue weighted by Crippen LogP contribution is 2.23. The van der Waals surface area contributed by atoms with E-state index in [0.29, 0.717) is 32.5 Å². The van der Waals surface area contributed by atoms with Gasteiger partial charge in [0.25, 0.3) is 0 Å². The molecule has 122 valence electrons. The molecule has 0 aromatic heterocycles. The molecule has 2 rings (SSSR count). The van der Waals surface area contributed by atoms with Crippen LogP contribution in [0.1, 0.15) is 37.2 Å². The molecule has 23 heavy (non-hydrogen) atoms. The number of nitrogens with zero attached hydrogens (tertiary/aromatic N) is 1. The number of ether oxygens (including phenoxy) is 1. The Morgan fingerprint density at radius 3 is 2.52 bits per heavy atom. The van der Waals surface area contributed by atoms with E-state index < -0.39 is 17.4 Å². The first-order valence-corrected chi connectivity index (χ1v) is 7.70. The Hall–Kier alpha value is -2.39. The summed E-state index contributed by atoms with van der Waals surface area (Å²) in [5.74, 6) is -1.20. The maximum Gasteiger partial charge on any atom is 0.224 e. The summed E-state index contributed by atoms with van der Waals surface area (Å²) in [5, 5.41) is 12.1. The van der Waals surface area contributed by atoms with Crippen LogP contribution >= 0.6 is 0 Å². The van der Waals surface area contributed by atoms with E-state index in [1.54, 1.807) is 0 Å². The Bertz CT molecular complexity index is 589. The van der Waals surface area contributed by atoms with E-state index in [1.807, 2.05) is 30.3 Å². The predicted octanol–water partition coefficient (Wildman–Crippen LogP) is 1.22. The van der Waals surface area contributed by atoms with E-state index >= 15 is 0 Å². The molecule has 6 heteroatoms. The van der Waals surface area contributed by atoms with Crippen LogP contribution in [0.2, 0.25) is 0 Å². The molecule has 0 saturated carbocycles. The maximum absolute atomic E-state index is 12.2. The van der Waals surface area contributed by atoms with Crippen molar-refractivity contribution in [3.05, 3.63) is 35.9 Å². The van der Waals surface area contributed by atoms with E-state index in [-0.39, 0.29) is 12.3 Å². The lowest BCUT2D eigenvalue weighted by atomic mass is 9.90. The van der Waals surface area contributed by atoms with Crippen molar-refractivity contribution in [2.45, 2.75) is 37.1 Å². The van der Waals surface area contributed by atoms with Gasteiger partial charge >= 0.3 is 0 Å². The van der Waals surface area contributed by atoms with Crippen LogP contribution in [-0.2, 0) is 14.3 Å². The molecule has 6 nitrogen and oxygen atoms in total. The van der Waals surface area contributed by atoms with Gasteiger partial charge in [-0.1, -0.05) is 30.3 Å². The van der Waals surface area contributed by atoms with Crippen LogP contribution in [0.5, 0.6) is 0 Å². The molecule has 1 aromatic carbocycles. The van der Waals surface area contributed by atoms with Crippen LogP contribution in [0.4, 0.5) is 0 Å². The van der Waals surface area contributed by atoms with Crippen molar-refractivity contribution in [1.29, 1.82) is 5.26 Å². The zero-order chi connectivity index (χ0) is 16.7. The number of carbonyl (C=O) groups is 2. The number of primary amides is 1. The van der Waals surface area contributed by atoms with Gasteiger partial charge < -0.3 is 15.8 Å². The standard InChI is InChI=1S/C17H21N3O3/c18-12-17(8-10-23-11-9-17)20-15(21)7-6-14(16(19)22)13-4-2-1-3-5-13/h1-5,14H,6-11H2,(H2,19,22)(H,20,21)/t14-/m0/s1. The Kier molecular flexibility index (Phi) is 5.72. The lowest BCUT2D eigenvalue weighted by Crippen LogP contribution is -2.51. The fourth-order valence-corrected chi connectivity index (χ4v) is 2.75. The minimum absolute atomic E-state index is 0.146. The van der Waals surface area contributed by atoms with Crippen molar-refractivity contribution in [2.75, 3.05) is 13.2 Å². The van der Waals surface area contributed by atoms with Crippen molar-refractivity contribution in [3.8, 4) is 6.07 Å². The SMILES string of the molecule is N#CC1(NC(=O)CC[C@H](C(N)=O)c2ccccc2)CCOCC1. The normalized spacial score (nSPS) is 17.7. The van der Waals surface area contributed by atoms with Crippen LogP contribution in [0, 0.1) is 11.3 Å². The quantitative estimate of drug-likeness (QED) is 0.823. The van der Waals surface area contributed by atoms with Gasteiger partial charge in [0.15, 0.2) is 0 Å². The second kappa shape index (κ2) is 7.75. The Labute approximate surface area is 135 Å². The summed E-state index contributed by atoms with van der Waals surface area (Å²) >= 11 is 0. The number of rotatable bonds is 6. The lowest BCUT2D eigenvalue weighted by Gasteiger charge is -2.31. The number of benzene rings is 1. The molecule has 0 spiro atoms. The van der Waals surface area contributed by atoms with E-state index in [0.717, 1.165) is 5.56 Å². The topological polar surface area (TPSA) is 105 Å². The van der Waals surface area contributed by atoms with E-state index in [2.05, 4.69) is 11.4 Å². The molecule has 3 N–H and O–H groups in total. The van der Waals surface area contributed by atoms with Crippen molar-refractivity contribution in [3.63, 3.8) is 0 Å². The molecule has 1 aliphatic rings. The minimum atomic E-state index is -0.857. The molecule has 1 heterocycles. The average Bonchev–Trinajstić information content (AvgIpc) is 2.56. The van der Waals surface area contributed by atoms with Gasteiger partial charge in [0.1, 0.15) is 5.54 Å². The Morgan fingerprint density at radius 1 is 1.30 bits per heavy atom. The molecule has 1 saturated heterocycles. The van der Waals surface area contributed by atoms with Crippen molar-refractivity contribution in [2.24, 2.45) is 5.73 Å². The van der Waals surface area contributed by atoms with Crippen molar-refractivity contribution in [1.82, 2.24) is 5.32 Å². The molecule has 1 aromatic rings. The molecule has 0 bridgehead atoms. The summed E-state index contributed by atoms with van der Waals surface area (Å²) < 4.78 is 5.23. The summed E-state index contributed by atoms with van der Waals surface area (Å²) in [7, 11) is 0. The fraction of sp³-hybridized carbons (Fsp3) is 0.471. The highest BCUT2D eigenvalue weighted by Gasteiger charge is 2.34.